The van der Waals surface area contributed by atoms with Gasteiger partial charge in [-0.25, -0.2) is 0 Å². The summed E-state index contributed by atoms with van der Waals surface area (Å²) in [6.45, 7) is 2.28. The van der Waals surface area contributed by atoms with Crippen LogP contribution in [0.15, 0.2) is 103 Å². The van der Waals surface area contributed by atoms with Gasteiger partial charge in [-0.2, -0.15) is 5.10 Å². The first-order valence-corrected chi connectivity index (χ1v) is 12.7. The van der Waals surface area contributed by atoms with Crippen LogP contribution in [0.25, 0.3) is 11.1 Å². The van der Waals surface area contributed by atoms with Gasteiger partial charge in [0.1, 0.15) is 5.82 Å². The molecule has 0 aliphatic carbocycles. The fourth-order valence-electron chi connectivity index (χ4n) is 4.97. The average molecular weight is 514 g/mol. The van der Waals surface area contributed by atoms with Gasteiger partial charge in [0.15, 0.2) is 0 Å². The number of amides is 2. The Hall–Kier alpha value is -5.17. The van der Waals surface area contributed by atoms with E-state index in [4.69, 9.17) is 0 Å². The number of aromatic nitrogens is 2. The molecular weight excluding hydrogens is 486 g/mol. The third-order valence-electron chi connectivity index (χ3n) is 7.01. The maximum absolute atomic E-state index is 13.8. The zero-order valence-corrected chi connectivity index (χ0v) is 21.7. The Kier molecular flexibility index (Phi) is 6.17. The molecule has 6 rings (SSSR count). The van der Waals surface area contributed by atoms with E-state index >= 15 is 0 Å². The lowest BCUT2D eigenvalue weighted by Crippen LogP contribution is -2.30. The fraction of sp³-hybridized carbons (Fsp3) is 0.0938. The van der Waals surface area contributed by atoms with Crippen LogP contribution in [0.2, 0.25) is 0 Å². The molecule has 0 spiro atoms. The topological polar surface area (TPSA) is 79.3 Å². The molecule has 4 aromatic carbocycles. The van der Waals surface area contributed by atoms with E-state index in [9.17, 15) is 9.59 Å². The number of fused-ring (bicyclic) bond motifs is 2. The minimum absolute atomic E-state index is 0.128. The zero-order chi connectivity index (χ0) is 26.9. The Balaban J connectivity index is 1.28. The third kappa shape index (κ3) is 4.55. The molecular formula is C32H27N5O2. The maximum atomic E-state index is 13.8. The minimum Gasteiger partial charge on any atom is -0.338 e. The molecule has 2 amide bonds. The molecule has 0 unspecified atom stereocenters. The molecule has 1 aliphatic rings. The molecule has 0 bridgehead atoms. The highest BCUT2D eigenvalue weighted by molar-refractivity contribution is 6.11. The Bertz CT molecular complexity index is 1710. The van der Waals surface area contributed by atoms with Crippen LogP contribution in [0.1, 0.15) is 31.8 Å². The number of anilines is 4. The number of rotatable bonds is 4. The standard InChI is InChI=1S/C32H27N5O2/c1-21-18-23(32(39)37-20-24-19-33-36(2)30(24)34-28-14-8-9-15-29(28)37)16-17-27(21)35-31(38)26-13-7-6-12-25(26)22-10-4-3-5-11-22/h3-19,34H,20H2,1-2H3,(H,35,38). The monoisotopic (exact) mass is 513 g/mol. The second-order valence-electron chi connectivity index (χ2n) is 9.57. The van der Waals surface area contributed by atoms with Crippen molar-refractivity contribution in [2.45, 2.75) is 13.5 Å². The summed E-state index contributed by atoms with van der Waals surface area (Å²) in [7, 11) is 1.88. The Morgan fingerprint density at radius 3 is 2.46 bits per heavy atom. The number of benzene rings is 4. The van der Waals surface area contributed by atoms with Gasteiger partial charge in [0, 0.05) is 29.4 Å². The van der Waals surface area contributed by atoms with Crippen LogP contribution < -0.4 is 15.5 Å². The third-order valence-corrected chi connectivity index (χ3v) is 7.01. The van der Waals surface area contributed by atoms with Crippen molar-refractivity contribution in [2.24, 2.45) is 7.05 Å². The number of para-hydroxylation sites is 2. The number of carbonyl (C=O) groups excluding carboxylic acids is 2. The van der Waals surface area contributed by atoms with Crippen LogP contribution in [0.4, 0.5) is 22.9 Å². The smallest absolute Gasteiger partial charge is 0.258 e. The van der Waals surface area contributed by atoms with Crippen LogP contribution >= 0.6 is 0 Å². The van der Waals surface area contributed by atoms with Gasteiger partial charge < -0.3 is 15.5 Å². The Morgan fingerprint density at radius 1 is 0.897 bits per heavy atom. The maximum Gasteiger partial charge on any atom is 0.258 e. The highest BCUT2D eigenvalue weighted by atomic mass is 16.2. The molecule has 0 saturated heterocycles. The van der Waals surface area contributed by atoms with Gasteiger partial charge in [0.05, 0.1) is 24.1 Å². The van der Waals surface area contributed by atoms with Crippen molar-refractivity contribution < 1.29 is 9.59 Å². The first-order valence-electron chi connectivity index (χ1n) is 12.7. The van der Waals surface area contributed by atoms with Gasteiger partial charge in [-0.1, -0.05) is 60.7 Å². The van der Waals surface area contributed by atoms with Crippen molar-refractivity contribution in [2.75, 3.05) is 15.5 Å². The molecule has 0 saturated carbocycles. The van der Waals surface area contributed by atoms with Gasteiger partial charge in [-0.3, -0.25) is 14.3 Å². The van der Waals surface area contributed by atoms with E-state index in [1.54, 1.807) is 27.9 Å². The minimum atomic E-state index is -0.201. The van der Waals surface area contributed by atoms with Crippen molar-refractivity contribution in [3.8, 4) is 11.1 Å². The van der Waals surface area contributed by atoms with E-state index < -0.39 is 0 Å². The van der Waals surface area contributed by atoms with E-state index in [0.717, 1.165) is 39.4 Å². The van der Waals surface area contributed by atoms with Gasteiger partial charge in [-0.05, 0) is 60.0 Å². The summed E-state index contributed by atoms with van der Waals surface area (Å²) in [5.41, 5.74) is 6.99. The summed E-state index contributed by atoms with van der Waals surface area (Å²) in [6.07, 6.45) is 1.78. The van der Waals surface area contributed by atoms with E-state index in [1.165, 1.54) is 0 Å². The van der Waals surface area contributed by atoms with Gasteiger partial charge in [0.2, 0.25) is 0 Å². The summed E-state index contributed by atoms with van der Waals surface area (Å²) in [5, 5.41) is 10.8. The molecule has 5 aromatic rings. The molecule has 39 heavy (non-hydrogen) atoms. The molecule has 192 valence electrons. The summed E-state index contributed by atoms with van der Waals surface area (Å²) < 4.78 is 1.78. The van der Waals surface area contributed by atoms with Crippen LogP contribution in [0.3, 0.4) is 0 Å². The molecule has 7 heteroatoms. The predicted molar refractivity (Wildman–Crippen MR) is 154 cm³/mol. The molecule has 0 fully saturated rings. The largest absolute Gasteiger partial charge is 0.338 e. The first kappa shape index (κ1) is 24.2. The second-order valence-corrected chi connectivity index (χ2v) is 9.57. The van der Waals surface area contributed by atoms with Crippen molar-refractivity contribution in [1.82, 2.24) is 9.78 Å². The molecule has 1 aliphatic heterocycles. The molecule has 0 radical (unpaired) electrons. The highest BCUT2D eigenvalue weighted by Gasteiger charge is 2.27. The normalized spacial score (nSPS) is 12.1. The molecule has 7 nitrogen and oxygen atoms in total. The molecule has 1 aromatic heterocycles. The second kappa shape index (κ2) is 9.95. The SMILES string of the molecule is Cc1cc(C(=O)N2Cc3cnn(C)c3Nc3ccccc32)ccc1NC(=O)c1ccccc1-c1ccccc1. The summed E-state index contributed by atoms with van der Waals surface area (Å²) in [5.74, 6) is 0.535. The van der Waals surface area contributed by atoms with Crippen molar-refractivity contribution in [3.05, 3.63) is 126 Å². The Morgan fingerprint density at radius 2 is 1.64 bits per heavy atom. The van der Waals surface area contributed by atoms with E-state index in [-0.39, 0.29) is 11.8 Å². The first-order chi connectivity index (χ1) is 19.0. The van der Waals surface area contributed by atoms with Crippen LogP contribution in [0, 0.1) is 6.92 Å². The van der Waals surface area contributed by atoms with Crippen molar-refractivity contribution in [3.63, 3.8) is 0 Å². The molecule has 2 N–H and O–H groups in total. The zero-order valence-electron chi connectivity index (χ0n) is 21.7. The number of hydrogen-bond acceptors (Lipinski definition) is 4. The highest BCUT2D eigenvalue weighted by Crippen LogP contribution is 2.36. The lowest BCUT2D eigenvalue weighted by Gasteiger charge is -2.23. The van der Waals surface area contributed by atoms with Gasteiger partial charge in [-0.15, -0.1) is 0 Å². The van der Waals surface area contributed by atoms with Gasteiger partial charge >= 0.3 is 0 Å². The number of nitrogens with one attached hydrogen (secondary N) is 2. The predicted octanol–water partition coefficient (Wildman–Crippen LogP) is 6.55. The molecule has 0 atom stereocenters. The van der Waals surface area contributed by atoms with Crippen LogP contribution in [-0.4, -0.2) is 21.6 Å². The number of aryl methyl sites for hydroxylation is 2. The summed E-state index contributed by atoms with van der Waals surface area (Å²) >= 11 is 0. The van der Waals surface area contributed by atoms with Crippen molar-refractivity contribution >= 4 is 34.7 Å². The number of carbonyl (C=O) groups is 2. The quantitative estimate of drug-likeness (QED) is 0.286. The average Bonchev–Trinajstić information content (AvgIpc) is 3.21. The Labute approximate surface area is 226 Å². The van der Waals surface area contributed by atoms with Crippen molar-refractivity contribution in [1.29, 1.82) is 0 Å². The van der Waals surface area contributed by atoms with E-state index in [0.29, 0.717) is 23.4 Å². The lowest BCUT2D eigenvalue weighted by atomic mass is 9.99. The number of nitrogens with zero attached hydrogens (tertiary/aromatic N) is 3. The van der Waals surface area contributed by atoms with Crippen LogP contribution in [-0.2, 0) is 13.6 Å². The van der Waals surface area contributed by atoms with Gasteiger partial charge in [0.25, 0.3) is 11.8 Å². The van der Waals surface area contributed by atoms with E-state index in [2.05, 4.69) is 15.7 Å². The summed E-state index contributed by atoms with van der Waals surface area (Å²) in [4.78, 5) is 28.9. The van der Waals surface area contributed by atoms with E-state index in [1.807, 2.05) is 98.9 Å². The summed E-state index contributed by atoms with van der Waals surface area (Å²) in [6, 6.07) is 30.5. The number of hydrogen-bond donors (Lipinski definition) is 2. The fourth-order valence-corrected chi connectivity index (χ4v) is 4.97. The molecule has 2 heterocycles. The lowest BCUT2D eigenvalue weighted by molar-refractivity contribution is 0.0984. The van der Waals surface area contributed by atoms with Crippen LogP contribution in [0.5, 0.6) is 0 Å².